The van der Waals surface area contributed by atoms with Gasteiger partial charge in [-0.25, -0.2) is 0 Å². The van der Waals surface area contributed by atoms with E-state index in [0.29, 0.717) is 12.3 Å². The van der Waals surface area contributed by atoms with Crippen molar-refractivity contribution in [3.63, 3.8) is 0 Å². The van der Waals surface area contributed by atoms with E-state index < -0.39 is 53.4 Å². The van der Waals surface area contributed by atoms with Crippen LogP contribution in [-0.4, -0.2) is 57.5 Å². The van der Waals surface area contributed by atoms with Crippen LogP contribution in [0.25, 0.3) is 0 Å². The smallest absolute Gasteiger partial charge is 0.373 e. The van der Waals surface area contributed by atoms with Crippen LogP contribution in [0.4, 0.5) is 26.3 Å². The largest absolute Gasteiger partial charge is 0.426 e. The number of rotatable bonds is 1. The second-order valence-electron chi connectivity index (χ2n) is 8.00. The van der Waals surface area contributed by atoms with Gasteiger partial charge in [-0.05, 0) is 19.3 Å². The molecule has 2 fully saturated rings. The van der Waals surface area contributed by atoms with Crippen molar-refractivity contribution in [3.8, 4) is 0 Å². The van der Waals surface area contributed by atoms with E-state index in [1.54, 1.807) is 25.7 Å². The van der Waals surface area contributed by atoms with Gasteiger partial charge < -0.3 is 10.0 Å². The van der Waals surface area contributed by atoms with Crippen molar-refractivity contribution in [1.82, 2.24) is 4.90 Å². The number of aliphatic hydroxyl groups is 1. The van der Waals surface area contributed by atoms with Gasteiger partial charge in [-0.2, -0.15) is 38.1 Å². The summed E-state index contributed by atoms with van der Waals surface area (Å²) < 4.78 is 78.8. The molecular weight excluding hydrogens is 384 g/mol. The van der Waals surface area contributed by atoms with Crippen LogP contribution >= 0.6 is 11.8 Å². The summed E-state index contributed by atoms with van der Waals surface area (Å²) in [6.07, 6.45) is -12.5. The molecule has 3 nitrogen and oxygen atoms in total. The zero-order valence-corrected chi connectivity index (χ0v) is 15.6. The first-order chi connectivity index (χ1) is 11.6. The quantitative estimate of drug-likeness (QED) is 0.668. The van der Waals surface area contributed by atoms with E-state index in [2.05, 4.69) is 0 Å². The van der Waals surface area contributed by atoms with E-state index in [-0.39, 0.29) is 12.3 Å². The number of carbonyl (C=O) groups excluding carboxylic acids is 1. The number of nitrogens with zero attached hydrogens (tertiary/aromatic N) is 1. The molecule has 3 atom stereocenters. The SMILES string of the molecule is CC(C)(C)C(=O)N1CCSC2CC(C(O)(C(F)(F)F)C(F)(F)F)CCC21. The Balaban J connectivity index is 2.25. The first-order valence-corrected chi connectivity index (χ1v) is 9.44. The zero-order chi connectivity index (χ0) is 20.1. The van der Waals surface area contributed by atoms with E-state index in [4.69, 9.17) is 0 Å². The summed E-state index contributed by atoms with van der Waals surface area (Å²) in [5.74, 6) is -1.68. The minimum atomic E-state index is -5.80. The van der Waals surface area contributed by atoms with Crippen molar-refractivity contribution in [1.29, 1.82) is 0 Å². The molecule has 0 aromatic heterocycles. The van der Waals surface area contributed by atoms with Crippen LogP contribution in [-0.2, 0) is 4.79 Å². The van der Waals surface area contributed by atoms with Crippen LogP contribution < -0.4 is 0 Å². The number of carbonyl (C=O) groups is 1. The average molecular weight is 407 g/mol. The summed E-state index contributed by atoms with van der Waals surface area (Å²) in [6, 6.07) is -0.401. The average Bonchev–Trinajstić information content (AvgIpc) is 2.49. The van der Waals surface area contributed by atoms with Gasteiger partial charge in [0.1, 0.15) is 0 Å². The fourth-order valence-electron chi connectivity index (χ4n) is 3.80. The number of thioether (sulfide) groups is 1. The zero-order valence-electron chi connectivity index (χ0n) is 14.7. The summed E-state index contributed by atoms with van der Waals surface area (Å²) >= 11 is 1.28. The second kappa shape index (κ2) is 6.76. The van der Waals surface area contributed by atoms with Gasteiger partial charge in [-0.3, -0.25) is 4.79 Å². The topological polar surface area (TPSA) is 40.5 Å². The van der Waals surface area contributed by atoms with Crippen LogP contribution in [0.5, 0.6) is 0 Å². The van der Waals surface area contributed by atoms with Crippen LogP contribution in [0.2, 0.25) is 0 Å². The predicted octanol–water partition coefficient (Wildman–Crippen LogP) is 4.00. The van der Waals surface area contributed by atoms with E-state index in [9.17, 15) is 36.2 Å². The lowest BCUT2D eigenvalue weighted by Gasteiger charge is -2.50. The number of amides is 1. The molecule has 0 aromatic carbocycles. The second-order valence-corrected chi connectivity index (χ2v) is 9.34. The lowest BCUT2D eigenvalue weighted by Crippen LogP contribution is -2.64. The molecule has 152 valence electrons. The fourth-order valence-corrected chi connectivity index (χ4v) is 5.28. The molecule has 1 saturated carbocycles. The van der Waals surface area contributed by atoms with E-state index in [1.165, 1.54) is 11.8 Å². The minimum Gasteiger partial charge on any atom is -0.373 e. The lowest BCUT2D eigenvalue weighted by molar-refractivity contribution is -0.387. The predicted molar refractivity (Wildman–Crippen MR) is 85.6 cm³/mol. The molecule has 0 spiro atoms. The normalized spacial score (nSPS) is 28.7. The van der Waals surface area contributed by atoms with Gasteiger partial charge >= 0.3 is 12.4 Å². The van der Waals surface area contributed by atoms with Crippen molar-refractivity contribution < 1.29 is 36.2 Å². The Morgan fingerprint density at radius 3 is 2.04 bits per heavy atom. The summed E-state index contributed by atoms with van der Waals surface area (Å²) in [6.45, 7) is 5.60. The number of hydrogen-bond donors (Lipinski definition) is 1. The van der Waals surface area contributed by atoms with Crippen LogP contribution in [0, 0.1) is 11.3 Å². The lowest BCUT2D eigenvalue weighted by atomic mass is 9.73. The minimum absolute atomic E-state index is 0.0125. The number of fused-ring (bicyclic) bond motifs is 1. The molecule has 1 saturated heterocycles. The molecular formula is C16H23F6NO2S. The Morgan fingerprint density at radius 2 is 1.58 bits per heavy atom. The first kappa shape index (κ1) is 21.7. The maximum absolute atomic E-state index is 13.1. The van der Waals surface area contributed by atoms with Gasteiger partial charge in [0.25, 0.3) is 5.60 Å². The highest BCUT2D eigenvalue weighted by Gasteiger charge is 2.74. The monoisotopic (exact) mass is 407 g/mol. The molecule has 1 N–H and O–H groups in total. The Kier molecular flexibility index (Phi) is 5.63. The molecule has 0 radical (unpaired) electrons. The molecule has 26 heavy (non-hydrogen) atoms. The van der Waals surface area contributed by atoms with Gasteiger partial charge in [0, 0.05) is 34.9 Å². The van der Waals surface area contributed by atoms with E-state index in [1.807, 2.05) is 0 Å². The Morgan fingerprint density at radius 1 is 1.04 bits per heavy atom. The molecule has 1 amide bonds. The maximum Gasteiger partial charge on any atom is 0.426 e. The molecule has 1 heterocycles. The molecule has 1 aliphatic heterocycles. The number of alkyl halides is 6. The Labute approximate surface area is 152 Å². The van der Waals surface area contributed by atoms with Crippen molar-refractivity contribution in [2.45, 2.75) is 69.3 Å². The number of hydrogen-bond acceptors (Lipinski definition) is 3. The molecule has 2 aliphatic rings. The third-order valence-electron chi connectivity index (χ3n) is 5.18. The van der Waals surface area contributed by atoms with Crippen molar-refractivity contribution in [3.05, 3.63) is 0 Å². The Hall–Kier alpha value is -0.640. The standard InChI is InChI=1S/C16H23F6NO2S/c1-13(2,3)12(24)23-6-7-26-11-8-9(4-5-10(11)23)14(25,15(17,18)19)16(20,21)22/h9-11,25H,4-8H2,1-3H3. The van der Waals surface area contributed by atoms with Gasteiger partial charge in [0.2, 0.25) is 5.91 Å². The Bertz CT molecular complexity index is 528. The van der Waals surface area contributed by atoms with Crippen molar-refractivity contribution >= 4 is 17.7 Å². The highest BCUT2D eigenvalue weighted by atomic mass is 32.2. The fraction of sp³-hybridized carbons (Fsp3) is 0.938. The highest BCUT2D eigenvalue weighted by Crippen LogP contribution is 2.53. The summed E-state index contributed by atoms with van der Waals surface area (Å²) in [5.41, 5.74) is -5.40. The molecule has 0 bridgehead atoms. The summed E-state index contributed by atoms with van der Waals surface area (Å²) in [7, 11) is 0. The highest BCUT2D eigenvalue weighted by molar-refractivity contribution is 8.00. The maximum atomic E-state index is 13.1. The van der Waals surface area contributed by atoms with E-state index >= 15 is 0 Å². The summed E-state index contributed by atoms with van der Waals surface area (Å²) in [5, 5.41) is 9.11. The van der Waals surface area contributed by atoms with Gasteiger partial charge in [0.05, 0.1) is 0 Å². The van der Waals surface area contributed by atoms with Crippen LogP contribution in [0.3, 0.4) is 0 Å². The van der Waals surface area contributed by atoms with Gasteiger partial charge in [-0.15, -0.1) is 0 Å². The molecule has 3 unspecified atom stereocenters. The molecule has 2 rings (SSSR count). The molecule has 0 aromatic rings. The molecule has 10 heteroatoms. The third kappa shape index (κ3) is 3.68. The molecule has 1 aliphatic carbocycles. The van der Waals surface area contributed by atoms with Crippen molar-refractivity contribution in [2.75, 3.05) is 12.3 Å². The number of halogens is 6. The van der Waals surface area contributed by atoms with Crippen LogP contribution in [0.1, 0.15) is 40.0 Å². The van der Waals surface area contributed by atoms with Crippen molar-refractivity contribution in [2.24, 2.45) is 11.3 Å². The summed E-state index contributed by atoms with van der Waals surface area (Å²) in [4.78, 5) is 14.2. The van der Waals surface area contributed by atoms with E-state index in [0.717, 1.165) is 0 Å². The third-order valence-corrected chi connectivity index (χ3v) is 6.53. The van der Waals surface area contributed by atoms with Gasteiger partial charge in [-0.1, -0.05) is 20.8 Å². The first-order valence-electron chi connectivity index (χ1n) is 8.39. The van der Waals surface area contributed by atoms with Crippen LogP contribution in [0.15, 0.2) is 0 Å². The van der Waals surface area contributed by atoms with Gasteiger partial charge in [0.15, 0.2) is 0 Å².